The van der Waals surface area contributed by atoms with Crippen molar-refractivity contribution in [1.29, 1.82) is 0 Å². The molecule has 1 aliphatic heterocycles. The van der Waals surface area contributed by atoms with E-state index >= 15 is 0 Å². The molecule has 0 radical (unpaired) electrons. The summed E-state index contributed by atoms with van der Waals surface area (Å²) in [5.74, 6) is 1.49. The van der Waals surface area contributed by atoms with E-state index in [1.54, 1.807) is 14.2 Å². The second-order valence-electron chi connectivity index (χ2n) is 5.22. The van der Waals surface area contributed by atoms with Crippen LogP contribution in [-0.2, 0) is 6.42 Å². The van der Waals surface area contributed by atoms with Gasteiger partial charge < -0.3 is 14.8 Å². The first-order valence-corrected chi connectivity index (χ1v) is 7.82. The molecule has 0 aromatic heterocycles. The van der Waals surface area contributed by atoms with Crippen LogP contribution in [0.2, 0.25) is 10.0 Å². The summed E-state index contributed by atoms with van der Waals surface area (Å²) in [6.07, 6.45) is 0.952. The zero-order chi connectivity index (χ0) is 15.7. The molecule has 22 heavy (non-hydrogen) atoms. The van der Waals surface area contributed by atoms with Gasteiger partial charge in [-0.3, -0.25) is 0 Å². The van der Waals surface area contributed by atoms with Crippen molar-refractivity contribution < 1.29 is 9.47 Å². The number of hydrogen-bond donors (Lipinski definition) is 1. The lowest BCUT2D eigenvalue weighted by Gasteiger charge is -2.28. The summed E-state index contributed by atoms with van der Waals surface area (Å²) in [7, 11) is 3.30. The summed E-state index contributed by atoms with van der Waals surface area (Å²) in [6.45, 7) is 0.896. The van der Waals surface area contributed by atoms with Crippen molar-refractivity contribution in [2.75, 3.05) is 20.8 Å². The minimum absolute atomic E-state index is 0.0679. The predicted molar refractivity (Wildman–Crippen MR) is 89.6 cm³/mol. The third-order valence-electron chi connectivity index (χ3n) is 3.98. The number of methoxy groups -OCH3 is 2. The largest absolute Gasteiger partial charge is 0.493 e. The molecule has 3 nitrogen and oxygen atoms in total. The van der Waals surface area contributed by atoms with Gasteiger partial charge in [-0.05, 0) is 47.4 Å². The molecule has 1 aliphatic rings. The van der Waals surface area contributed by atoms with Gasteiger partial charge in [-0.15, -0.1) is 0 Å². The maximum atomic E-state index is 6.16. The van der Waals surface area contributed by atoms with Gasteiger partial charge in [0, 0.05) is 6.54 Å². The van der Waals surface area contributed by atoms with Gasteiger partial charge in [0.2, 0.25) is 0 Å². The predicted octanol–water partition coefficient (Wildman–Crippen LogP) is 4.25. The summed E-state index contributed by atoms with van der Waals surface area (Å²) in [5, 5.41) is 4.66. The smallest absolute Gasteiger partial charge is 0.161 e. The molecule has 1 atom stereocenters. The van der Waals surface area contributed by atoms with Gasteiger partial charge in [0.15, 0.2) is 11.5 Å². The minimum atomic E-state index is 0.0679. The molecule has 2 aromatic carbocycles. The fraction of sp³-hybridized carbons (Fsp3) is 0.294. The zero-order valence-electron chi connectivity index (χ0n) is 12.5. The molecule has 0 spiro atoms. The van der Waals surface area contributed by atoms with Crippen LogP contribution in [0.1, 0.15) is 22.7 Å². The lowest BCUT2D eigenvalue weighted by Crippen LogP contribution is -2.30. The molecule has 3 rings (SSSR count). The second kappa shape index (κ2) is 6.37. The van der Waals surface area contributed by atoms with E-state index in [-0.39, 0.29) is 6.04 Å². The average Bonchev–Trinajstić information content (AvgIpc) is 2.55. The van der Waals surface area contributed by atoms with Crippen LogP contribution in [-0.4, -0.2) is 20.8 Å². The minimum Gasteiger partial charge on any atom is -0.493 e. The van der Waals surface area contributed by atoms with E-state index in [1.807, 2.05) is 24.3 Å². The zero-order valence-corrected chi connectivity index (χ0v) is 14.0. The molecular weight excluding hydrogens is 321 g/mol. The van der Waals surface area contributed by atoms with Gasteiger partial charge in [0.05, 0.1) is 30.3 Å². The Labute approximate surface area is 140 Å². The summed E-state index contributed by atoms with van der Waals surface area (Å²) in [6, 6.07) is 9.90. The van der Waals surface area contributed by atoms with Gasteiger partial charge in [-0.2, -0.15) is 0 Å². The molecule has 0 amide bonds. The standard InChI is InChI=1S/C17H17Cl2NO2/c1-21-15-8-10-5-6-20-17(12(10)9-16(15)22-2)11-3-4-13(18)14(19)7-11/h3-4,7-9,17,20H,5-6H2,1-2H3/t17-/m0/s1. The highest BCUT2D eigenvalue weighted by Gasteiger charge is 2.24. The first kappa shape index (κ1) is 15.5. The maximum absolute atomic E-state index is 6.16. The van der Waals surface area contributed by atoms with Crippen LogP contribution in [0, 0.1) is 0 Å². The molecule has 0 aliphatic carbocycles. The van der Waals surface area contributed by atoms with E-state index < -0.39 is 0 Å². The SMILES string of the molecule is COc1cc2c(cc1OC)[C@H](c1ccc(Cl)c(Cl)c1)NCC2. The summed E-state index contributed by atoms with van der Waals surface area (Å²) in [4.78, 5) is 0. The number of hydrogen-bond acceptors (Lipinski definition) is 3. The Balaban J connectivity index is 2.08. The number of ether oxygens (including phenoxy) is 2. The van der Waals surface area contributed by atoms with Crippen LogP contribution in [0.15, 0.2) is 30.3 Å². The number of rotatable bonds is 3. The van der Waals surface area contributed by atoms with Crippen molar-refractivity contribution in [3.63, 3.8) is 0 Å². The highest BCUT2D eigenvalue weighted by molar-refractivity contribution is 6.42. The first-order chi connectivity index (χ1) is 10.6. The number of nitrogens with one attached hydrogen (secondary N) is 1. The highest BCUT2D eigenvalue weighted by Crippen LogP contribution is 2.38. The number of fused-ring (bicyclic) bond motifs is 1. The molecule has 1 N–H and O–H groups in total. The molecular formula is C17H17Cl2NO2. The Morgan fingerprint density at radius 2 is 1.73 bits per heavy atom. The van der Waals surface area contributed by atoms with Gasteiger partial charge in [-0.1, -0.05) is 29.3 Å². The van der Waals surface area contributed by atoms with Gasteiger partial charge in [0.25, 0.3) is 0 Å². The molecule has 5 heteroatoms. The second-order valence-corrected chi connectivity index (χ2v) is 6.03. The molecule has 0 saturated carbocycles. The quantitative estimate of drug-likeness (QED) is 0.908. The van der Waals surface area contributed by atoms with Gasteiger partial charge in [-0.25, -0.2) is 0 Å². The number of benzene rings is 2. The van der Waals surface area contributed by atoms with Crippen molar-refractivity contribution in [1.82, 2.24) is 5.32 Å². The highest BCUT2D eigenvalue weighted by atomic mass is 35.5. The molecule has 2 aromatic rings. The van der Waals surface area contributed by atoms with E-state index in [1.165, 1.54) is 11.1 Å². The van der Waals surface area contributed by atoms with Crippen molar-refractivity contribution in [3.05, 3.63) is 57.1 Å². The van der Waals surface area contributed by atoms with Crippen molar-refractivity contribution >= 4 is 23.2 Å². The molecule has 0 fully saturated rings. The Bertz CT molecular complexity index is 703. The Morgan fingerprint density at radius 3 is 2.41 bits per heavy atom. The topological polar surface area (TPSA) is 30.5 Å². The molecule has 1 heterocycles. The average molecular weight is 338 g/mol. The maximum Gasteiger partial charge on any atom is 0.161 e. The lowest BCUT2D eigenvalue weighted by atomic mass is 9.89. The van der Waals surface area contributed by atoms with Crippen molar-refractivity contribution in [2.24, 2.45) is 0 Å². The van der Waals surface area contributed by atoms with Crippen LogP contribution in [0.5, 0.6) is 11.5 Å². The van der Waals surface area contributed by atoms with E-state index in [2.05, 4.69) is 11.4 Å². The van der Waals surface area contributed by atoms with E-state index in [0.717, 1.165) is 30.0 Å². The summed E-state index contributed by atoms with van der Waals surface area (Å²) < 4.78 is 10.8. The summed E-state index contributed by atoms with van der Waals surface area (Å²) in [5.41, 5.74) is 3.53. The van der Waals surface area contributed by atoms with Gasteiger partial charge in [0.1, 0.15) is 0 Å². The fourth-order valence-corrected chi connectivity index (χ4v) is 3.18. The monoisotopic (exact) mass is 337 g/mol. The van der Waals surface area contributed by atoms with Crippen molar-refractivity contribution in [3.8, 4) is 11.5 Å². The van der Waals surface area contributed by atoms with Crippen molar-refractivity contribution in [2.45, 2.75) is 12.5 Å². The number of halogens is 2. The third-order valence-corrected chi connectivity index (χ3v) is 4.72. The normalized spacial score (nSPS) is 17.0. The Morgan fingerprint density at radius 1 is 1.00 bits per heavy atom. The molecule has 0 bridgehead atoms. The van der Waals surface area contributed by atoms with Crippen LogP contribution < -0.4 is 14.8 Å². The Kier molecular flexibility index (Phi) is 4.48. The van der Waals surface area contributed by atoms with E-state index in [0.29, 0.717) is 10.0 Å². The first-order valence-electron chi connectivity index (χ1n) is 7.07. The lowest BCUT2D eigenvalue weighted by molar-refractivity contribution is 0.353. The molecule has 116 valence electrons. The molecule has 0 unspecified atom stereocenters. The van der Waals surface area contributed by atoms with Crippen LogP contribution in [0.4, 0.5) is 0 Å². The summed E-state index contributed by atoms with van der Waals surface area (Å²) >= 11 is 12.2. The Hall–Kier alpha value is -1.42. The third kappa shape index (κ3) is 2.76. The van der Waals surface area contributed by atoms with Crippen LogP contribution in [0.3, 0.4) is 0 Å². The van der Waals surface area contributed by atoms with Crippen LogP contribution >= 0.6 is 23.2 Å². The molecule has 0 saturated heterocycles. The van der Waals surface area contributed by atoms with E-state index in [4.69, 9.17) is 32.7 Å². The van der Waals surface area contributed by atoms with E-state index in [9.17, 15) is 0 Å². The fourth-order valence-electron chi connectivity index (χ4n) is 2.87. The van der Waals surface area contributed by atoms with Gasteiger partial charge >= 0.3 is 0 Å². The van der Waals surface area contributed by atoms with Crippen LogP contribution in [0.25, 0.3) is 0 Å².